The number of ketones is 1. The lowest BCUT2D eigenvalue weighted by atomic mass is 10.1. The number of alkyl halides is 1. The topological polar surface area (TPSA) is 42.1 Å². The van der Waals surface area contributed by atoms with Gasteiger partial charge < -0.3 is 9.72 Å². The van der Waals surface area contributed by atoms with Crippen LogP contribution in [0.4, 0.5) is 0 Å². The van der Waals surface area contributed by atoms with Gasteiger partial charge in [0.15, 0.2) is 5.78 Å². The molecule has 0 fully saturated rings. The van der Waals surface area contributed by atoms with Crippen molar-refractivity contribution in [3.05, 3.63) is 30.0 Å². The van der Waals surface area contributed by atoms with E-state index in [0.29, 0.717) is 24.5 Å². The number of carbonyl (C=O) groups excluding carboxylic acids is 1. The zero-order valence-electron chi connectivity index (χ0n) is 10.3. The highest BCUT2D eigenvalue weighted by Gasteiger charge is 2.15. The number of aromatic amines is 1. The Balaban J connectivity index is 2.44. The Labute approximate surface area is 111 Å². The minimum absolute atomic E-state index is 0.0452. The number of aromatic nitrogens is 1. The van der Waals surface area contributed by atoms with Gasteiger partial charge in [-0.15, -0.1) is 11.6 Å². The predicted molar refractivity (Wildman–Crippen MR) is 73.8 cm³/mol. The smallest absolute Gasteiger partial charge is 0.166 e. The third-order valence-corrected chi connectivity index (χ3v) is 2.94. The predicted octanol–water partition coefficient (Wildman–Crippen LogP) is 3.77. The molecule has 0 aliphatic carbocycles. The van der Waals surface area contributed by atoms with Crippen molar-refractivity contribution in [2.24, 2.45) is 0 Å². The Morgan fingerprint density at radius 3 is 3.00 bits per heavy atom. The minimum atomic E-state index is 0.0452. The van der Waals surface area contributed by atoms with Gasteiger partial charge in [-0.25, -0.2) is 0 Å². The summed E-state index contributed by atoms with van der Waals surface area (Å²) in [6.45, 7) is 2.70. The molecule has 0 aliphatic rings. The SMILES string of the molecule is CCCOc1cccc2[nH]cc(C(=O)CCCl)c12. The number of ether oxygens (including phenoxy) is 1. The number of carbonyl (C=O) groups is 1. The number of hydrogen-bond donors (Lipinski definition) is 1. The summed E-state index contributed by atoms with van der Waals surface area (Å²) in [5.41, 5.74) is 1.58. The van der Waals surface area contributed by atoms with Crippen LogP contribution >= 0.6 is 11.6 Å². The second-order valence-corrected chi connectivity index (χ2v) is 4.47. The molecule has 0 bridgehead atoms. The summed E-state index contributed by atoms with van der Waals surface area (Å²) < 4.78 is 5.69. The maximum absolute atomic E-state index is 12.0. The van der Waals surface area contributed by atoms with Crippen LogP contribution in [0.5, 0.6) is 5.75 Å². The summed E-state index contributed by atoms with van der Waals surface area (Å²) in [7, 11) is 0. The molecule has 0 atom stereocenters. The van der Waals surface area contributed by atoms with Crippen LogP contribution in [0.1, 0.15) is 30.1 Å². The molecule has 3 nitrogen and oxygen atoms in total. The van der Waals surface area contributed by atoms with Crippen molar-refractivity contribution < 1.29 is 9.53 Å². The van der Waals surface area contributed by atoms with Crippen molar-refractivity contribution in [1.29, 1.82) is 0 Å². The van der Waals surface area contributed by atoms with Crippen molar-refractivity contribution in [2.75, 3.05) is 12.5 Å². The first kappa shape index (κ1) is 13.0. The highest BCUT2D eigenvalue weighted by Crippen LogP contribution is 2.29. The molecule has 4 heteroatoms. The fourth-order valence-corrected chi connectivity index (χ4v) is 2.10. The van der Waals surface area contributed by atoms with Gasteiger partial charge in [-0.2, -0.15) is 0 Å². The molecule has 1 aromatic heterocycles. The molecule has 0 aliphatic heterocycles. The van der Waals surface area contributed by atoms with Gasteiger partial charge in [0, 0.05) is 29.6 Å². The minimum Gasteiger partial charge on any atom is -0.493 e. The van der Waals surface area contributed by atoms with Gasteiger partial charge in [-0.1, -0.05) is 13.0 Å². The Morgan fingerprint density at radius 1 is 1.44 bits per heavy atom. The maximum Gasteiger partial charge on any atom is 0.166 e. The van der Waals surface area contributed by atoms with Crippen LogP contribution in [0.2, 0.25) is 0 Å². The number of nitrogens with one attached hydrogen (secondary N) is 1. The number of H-pyrrole nitrogens is 1. The van der Waals surface area contributed by atoms with Gasteiger partial charge in [0.25, 0.3) is 0 Å². The van der Waals surface area contributed by atoms with Gasteiger partial charge in [-0.3, -0.25) is 4.79 Å². The van der Waals surface area contributed by atoms with Crippen LogP contribution in [0.3, 0.4) is 0 Å². The van der Waals surface area contributed by atoms with Crippen LogP contribution < -0.4 is 4.74 Å². The molecule has 0 spiro atoms. The van der Waals surface area contributed by atoms with E-state index < -0.39 is 0 Å². The van der Waals surface area contributed by atoms with Crippen molar-refractivity contribution in [3.8, 4) is 5.75 Å². The first-order valence-electron chi connectivity index (χ1n) is 6.10. The van der Waals surface area contributed by atoms with E-state index in [1.807, 2.05) is 18.2 Å². The van der Waals surface area contributed by atoms with Gasteiger partial charge in [-0.05, 0) is 18.6 Å². The number of rotatable bonds is 6. The lowest BCUT2D eigenvalue weighted by Crippen LogP contribution is -2.01. The number of fused-ring (bicyclic) bond motifs is 1. The molecule has 0 saturated heterocycles. The quantitative estimate of drug-likeness (QED) is 0.638. The van der Waals surface area contributed by atoms with Crippen molar-refractivity contribution in [1.82, 2.24) is 4.98 Å². The average Bonchev–Trinajstić information content (AvgIpc) is 2.81. The average molecular weight is 266 g/mol. The maximum atomic E-state index is 12.0. The van der Waals surface area contributed by atoms with E-state index in [9.17, 15) is 4.79 Å². The third-order valence-electron chi connectivity index (χ3n) is 2.75. The van der Waals surface area contributed by atoms with E-state index in [4.69, 9.17) is 16.3 Å². The van der Waals surface area contributed by atoms with E-state index in [1.54, 1.807) is 6.20 Å². The number of halogens is 1. The highest BCUT2D eigenvalue weighted by atomic mass is 35.5. The number of benzene rings is 1. The molecular formula is C14H16ClNO2. The molecule has 2 rings (SSSR count). The highest BCUT2D eigenvalue weighted by molar-refractivity contribution is 6.20. The number of hydrogen-bond acceptors (Lipinski definition) is 2. The van der Waals surface area contributed by atoms with Crippen molar-refractivity contribution in [2.45, 2.75) is 19.8 Å². The van der Waals surface area contributed by atoms with Crippen LogP contribution in [-0.4, -0.2) is 23.3 Å². The van der Waals surface area contributed by atoms with Gasteiger partial charge in [0.1, 0.15) is 5.75 Å². The van der Waals surface area contributed by atoms with Gasteiger partial charge in [0.2, 0.25) is 0 Å². The molecular weight excluding hydrogens is 250 g/mol. The Hall–Kier alpha value is -1.48. The van der Waals surface area contributed by atoms with Crippen LogP contribution in [0, 0.1) is 0 Å². The molecule has 2 aromatic rings. The summed E-state index contributed by atoms with van der Waals surface area (Å²) in [4.78, 5) is 15.1. The molecule has 0 saturated carbocycles. The Bertz CT molecular complexity index is 548. The summed E-state index contributed by atoms with van der Waals surface area (Å²) in [6, 6.07) is 5.74. The molecule has 18 heavy (non-hydrogen) atoms. The molecule has 0 amide bonds. The first-order valence-corrected chi connectivity index (χ1v) is 6.63. The second-order valence-electron chi connectivity index (χ2n) is 4.09. The first-order chi connectivity index (χ1) is 8.77. The largest absolute Gasteiger partial charge is 0.493 e. The summed E-state index contributed by atoms with van der Waals surface area (Å²) >= 11 is 5.63. The molecule has 1 heterocycles. The van der Waals surface area contributed by atoms with Crippen molar-refractivity contribution >= 4 is 28.3 Å². The third kappa shape index (κ3) is 2.51. The molecule has 1 aromatic carbocycles. The lowest BCUT2D eigenvalue weighted by molar-refractivity contribution is 0.0990. The summed E-state index contributed by atoms with van der Waals surface area (Å²) in [5.74, 6) is 1.14. The lowest BCUT2D eigenvalue weighted by Gasteiger charge is -2.07. The summed E-state index contributed by atoms with van der Waals surface area (Å²) in [6.07, 6.45) is 3.01. The normalized spacial score (nSPS) is 10.8. The zero-order valence-corrected chi connectivity index (χ0v) is 11.1. The molecule has 0 radical (unpaired) electrons. The van der Waals surface area contributed by atoms with E-state index in [2.05, 4.69) is 11.9 Å². The second kappa shape index (κ2) is 5.91. The van der Waals surface area contributed by atoms with Crippen LogP contribution in [-0.2, 0) is 0 Å². The van der Waals surface area contributed by atoms with Crippen molar-refractivity contribution in [3.63, 3.8) is 0 Å². The summed E-state index contributed by atoms with van der Waals surface area (Å²) in [5, 5.41) is 0.862. The van der Waals surface area contributed by atoms with Gasteiger partial charge in [0.05, 0.1) is 12.0 Å². The molecule has 1 N–H and O–H groups in total. The number of Topliss-reactive ketones (excluding diaryl/α,β-unsaturated/α-hetero) is 1. The van der Waals surface area contributed by atoms with E-state index in [1.165, 1.54) is 0 Å². The molecule has 0 unspecified atom stereocenters. The van der Waals surface area contributed by atoms with Gasteiger partial charge >= 0.3 is 0 Å². The Morgan fingerprint density at radius 2 is 2.28 bits per heavy atom. The standard InChI is InChI=1S/C14H16ClNO2/c1-2-8-18-13-5-3-4-11-14(13)10(9-16-11)12(17)6-7-15/h3-5,9,16H,2,6-8H2,1H3. The molecule has 96 valence electrons. The van der Waals surface area contributed by atoms with Crippen LogP contribution in [0.15, 0.2) is 24.4 Å². The van der Waals surface area contributed by atoms with E-state index in [-0.39, 0.29) is 5.78 Å². The fraction of sp³-hybridized carbons (Fsp3) is 0.357. The zero-order chi connectivity index (χ0) is 13.0. The van der Waals surface area contributed by atoms with Crippen LogP contribution in [0.25, 0.3) is 10.9 Å². The fourth-order valence-electron chi connectivity index (χ4n) is 1.92. The Kier molecular flexibility index (Phi) is 4.26. The van der Waals surface area contributed by atoms with E-state index >= 15 is 0 Å². The monoisotopic (exact) mass is 265 g/mol. The van der Waals surface area contributed by atoms with E-state index in [0.717, 1.165) is 23.1 Å².